The molecule has 1 fully saturated rings. The third kappa shape index (κ3) is 2.32. The molecule has 2 unspecified atom stereocenters. The van der Waals surface area contributed by atoms with Crippen molar-refractivity contribution in [2.75, 3.05) is 0 Å². The van der Waals surface area contributed by atoms with Crippen molar-refractivity contribution in [3.05, 3.63) is 0 Å². The fourth-order valence-corrected chi connectivity index (χ4v) is 0.636. The van der Waals surface area contributed by atoms with Gasteiger partial charge in [-0.05, 0) is 13.8 Å². The van der Waals surface area contributed by atoms with Crippen molar-refractivity contribution in [1.82, 2.24) is 0 Å². The Bertz CT molecular complexity index is 159. The largest absolute Gasteiger partial charge is 0.448 e. The summed E-state index contributed by atoms with van der Waals surface area (Å²) in [7, 11) is 0. The molecular weight excluding hydrogens is 244 g/mol. The molecule has 0 N–H and O–H groups in total. The first-order valence-electron chi connectivity index (χ1n) is 3.02. The van der Waals surface area contributed by atoms with E-state index in [9.17, 15) is 9.59 Å². The molecule has 0 aromatic rings. The number of esters is 2. The fraction of sp³-hybridized carbons (Fsp3) is 0.667. The van der Waals surface area contributed by atoms with E-state index in [4.69, 9.17) is 0 Å². The van der Waals surface area contributed by atoms with Crippen LogP contribution in [0.1, 0.15) is 13.8 Å². The Morgan fingerprint density at radius 2 is 1.27 bits per heavy atom. The van der Waals surface area contributed by atoms with E-state index in [1.165, 1.54) is 13.8 Å². The first-order valence-corrected chi connectivity index (χ1v) is 3.02. The van der Waals surface area contributed by atoms with Gasteiger partial charge in [-0.1, -0.05) is 0 Å². The molecule has 67 valence electrons. The van der Waals surface area contributed by atoms with Crippen LogP contribution in [0.25, 0.3) is 0 Å². The SMILES string of the molecule is CC1OC(=O)C(C)OC1=O.[Ag]. The van der Waals surface area contributed by atoms with Crippen LogP contribution in [0, 0.1) is 0 Å². The number of carbonyl (C=O) groups is 2. The first kappa shape index (κ1) is 10.7. The Hall–Kier alpha value is -0.320. The molecule has 1 heterocycles. The quantitative estimate of drug-likeness (QED) is 0.444. The van der Waals surface area contributed by atoms with Gasteiger partial charge >= 0.3 is 11.9 Å². The third-order valence-corrected chi connectivity index (χ3v) is 1.25. The van der Waals surface area contributed by atoms with Crippen molar-refractivity contribution < 1.29 is 41.4 Å². The summed E-state index contributed by atoms with van der Waals surface area (Å²) in [5.41, 5.74) is 0. The number of hydrogen-bond acceptors (Lipinski definition) is 4. The van der Waals surface area contributed by atoms with Gasteiger partial charge in [0.25, 0.3) is 0 Å². The van der Waals surface area contributed by atoms with Gasteiger partial charge in [0.1, 0.15) is 0 Å². The first-order chi connectivity index (χ1) is 4.61. The molecular formula is C6H8AgO4. The summed E-state index contributed by atoms with van der Waals surface area (Å²) >= 11 is 0. The molecule has 11 heavy (non-hydrogen) atoms. The van der Waals surface area contributed by atoms with Crippen molar-refractivity contribution in [1.29, 1.82) is 0 Å². The maximum Gasteiger partial charge on any atom is 0.347 e. The maximum absolute atomic E-state index is 10.7. The second-order valence-corrected chi connectivity index (χ2v) is 2.16. The van der Waals surface area contributed by atoms with Crippen molar-refractivity contribution >= 4 is 11.9 Å². The van der Waals surface area contributed by atoms with Gasteiger partial charge < -0.3 is 9.47 Å². The van der Waals surface area contributed by atoms with Crippen LogP contribution in [0.15, 0.2) is 0 Å². The Morgan fingerprint density at radius 3 is 1.55 bits per heavy atom. The standard InChI is InChI=1S/C6H8O4.Ag/c1-3-5(7)10-4(2)6(8)9-3;/h3-4H,1-2H3;. The fourth-order valence-electron chi connectivity index (χ4n) is 0.636. The summed E-state index contributed by atoms with van der Waals surface area (Å²) in [4.78, 5) is 21.3. The van der Waals surface area contributed by atoms with E-state index in [0.29, 0.717) is 0 Å². The van der Waals surface area contributed by atoms with Crippen LogP contribution in [-0.2, 0) is 41.4 Å². The molecule has 1 rings (SSSR count). The van der Waals surface area contributed by atoms with Gasteiger partial charge in [-0.25, -0.2) is 9.59 Å². The van der Waals surface area contributed by atoms with Gasteiger partial charge in [0.15, 0.2) is 12.2 Å². The molecule has 1 aliphatic heterocycles. The molecule has 2 atom stereocenters. The minimum atomic E-state index is -0.747. The summed E-state index contributed by atoms with van der Waals surface area (Å²) in [6.45, 7) is 2.96. The van der Waals surface area contributed by atoms with E-state index < -0.39 is 24.1 Å². The average Bonchev–Trinajstić information content (AvgIpc) is 1.84. The topological polar surface area (TPSA) is 52.6 Å². The van der Waals surface area contributed by atoms with E-state index in [1.807, 2.05) is 0 Å². The summed E-state index contributed by atoms with van der Waals surface area (Å²) < 4.78 is 9.19. The van der Waals surface area contributed by atoms with E-state index in [-0.39, 0.29) is 22.4 Å². The molecule has 0 aromatic carbocycles. The second kappa shape index (κ2) is 3.90. The molecule has 0 aromatic heterocycles. The zero-order valence-electron chi connectivity index (χ0n) is 6.09. The monoisotopic (exact) mass is 251 g/mol. The van der Waals surface area contributed by atoms with Crippen molar-refractivity contribution in [2.24, 2.45) is 0 Å². The van der Waals surface area contributed by atoms with Crippen LogP contribution >= 0.6 is 0 Å². The van der Waals surface area contributed by atoms with Gasteiger partial charge in [-0.3, -0.25) is 0 Å². The summed E-state index contributed by atoms with van der Waals surface area (Å²) in [5.74, 6) is -0.959. The second-order valence-electron chi connectivity index (χ2n) is 2.16. The Labute approximate surface area is 79.7 Å². The van der Waals surface area contributed by atoms with Crippen molar-refractivity contribution in [3.63, 3.8) is 0 Å². The summed E-state index contributed by atoms with van der Waals surface area (Å²) in [6, 6.07) is 0. The molecule has 1 radical (unpaired) electrons. The summed E-state index contributed by atoms with van der Waals surface area (Å²) in [5, 5.41) is 0. The molecule has 0 saturated carbocycles. The molecule has 0 bridgehead atoms. The van der Waals surface area contributed by atoms with Gasteiger partial charge in [-0.2, -0.15) is 0 Å². The molecule has 0 aliphatic carbocycles. The van der Waals surface area contributed by atoms with Crippen LogP contribution in [0.4, 0.5) is 0 Å². The predicted octanol–water partition coefficient (Wildman–Crippen LogP) is -0.139. The molecule has 4 nitrogen and oxygen atoms in total. The van der Waals surface area contributed by atoms with Crippen molar-refractivity contribution in [2.45, 2.75) is 26.1 Å². The zero-order chi connectivity index (χ0) is 7.72. The van der Waals surface area contributed by atoms with Gasteiger partial charge in [0.05, 0.1) is 0 Å². The molecule has 1 saturated heterocycles. The number of hydrogen-bond donors (Lipinski definition) is 0. The molecule has 5 heteroatoms. The normalized spacial score (nSPS) is 30.0. The minimum absolute atomic E-state index is 0. The maximum atomic E-state index is 10.7. The van der Waals surface area contributed by atoms with Crippen LogP contribution in [0.5, 0.6) is 0 Å². The van der Waals surface area contributed by atoms with Crippen LogP contribution in [-0.4, -0.2) is 24.1 Å². The predicted molar refractivity (Wildman–Crippen MR) is 31.1 cm³/mol. The molecule has 1 aliphatic rings. The Kier molecular flexibility index (Phi) is 3.78. The Morgan fingerprint density at radius 1 is 1.00 bits per heavy atom. The summed E-state index contributed by atoms with van der Waals surface area (Å²) in [6.07, 6.45) is -1.49. The minimum Gasteiger partial charge on any atom is -0.448 e. The van der Waals surface area contributed by atoms with Gasteiger partial charge in [0.2, 0.25) is 0 Å². The van der Waals surface area contributed by atoms with E-state index in [1.54, 1.807) is 0 Å². The van der Waals surface area contributed by atoms with Crippen LogP contribution < -0.4 is 0 Å². The molecule has 0 spiro atoms. The zero-order valence-corrected chi connectivity index (χ0v) is 7.57. The number of rotatable bonds is 0. The number of ether oxygens (including phenoxy) is 2. The smallest absolute Gasteiger partial charge is 0.347 e. The van der Waals surface area contributed by atoms with E-state index >= 15 is 0 Å². The van der Waals surface area contributed by atoms with Gasteiger partial charge in [0, 0.05) is 22.4 Å². The van der Waals surface area contributed by atoms with E-state index in [0.717, 1.165) is 0 Å². The van der Waals surface area contributed by atoms with Gasteiger partial charge in [-0.15, -0.1) is 0 Å². The van der Waals surface area contributed by atoms with E-state index in [2.05, 4.69) is 9.47 Å². The Balaban J connectivity index is 0.000001000. The number of cyclic esters (lactones) is 2. The van der Waals surface area contributed by atoms with Crippen molar-refractivity contribution in [3.8, 4) is 0 Å². The number of carbonyl (C=O) groups excluding carboxylic acids is 2. The van der Waals surface area contributed by atoms with Crippen LogP contribution in [0.2, 0.25) is 0 Å². The van der Waals surface area contributed by atoms with Crippen LogP contribution in [0.3, 0.4) is 0 Å². The average molecular weight is 252 g/mol. The third-order valence-electron chi connectivity index (χ3n) is 1.25. The molecule has 0 amide bonds.